The van der Waals surface area contributed by atoms with Gasteiger partial charge in [0.15, 0.2) is 0 Å². The number of likely N-dealkylation sites (tertiary alicyclic amines) is 2. The van der Waals surface area contributed by atoms with Gasteiger partial charge < -0.3 is 9.80 Å². The van der Waals surface area contributed by atoms with E-state index in [4.69, 9.17) is 11.6 Å². The van der Waals surface area contributed by atoms with Crippen molar-refractivity contribution in [2.45, 2.75) is 87.2 Å². The molecule has 3 saturated heterocycles. The molecule has 6 rings (SSSR count). The molecule has 3 heterocycles. The number of halogens is 3. The fraction of sp³-hybridized carbons (Fsp3) is 0.581. The predicted octanol–water partition coefficient (Wildman–Crippen LogP) is 6.16. The molecule has 4 aliphatic rings. The van der Waals surface area contributed by atoms with Gasteiger partial charge in [0.25, 0.3) is 0 Å². The zero-order chi connectivity index (χ0) is 28.8. The minimum atomic E-state index is -4.13. The molecule has 2 atom stereocenters. The highest BCUT2D eigenvalue weighted by Crippen LogP contribution is 2.57. The van der Waals surface area contributed by atoms with Gasteiger partial charge >= 0.3 is 0 Å². The standard InChI is InChI=1S/C31H38ClF2N3O3S/c32-23-7-9-27(10-8-23)41(39,40)37-28(22-19-24(33)21-25(34)20-22)5-4-6-29(37)31(13-14-31)30(38)36-17-11-26(12-18-36)35-15-2-1-3-16-35/h7-10,19-21,26,28-29H,1-6,11-18H2/t28-,29+/m0/s1. The van der Waals surface area contributed by atoms with Crippen LogP contribution in [0.4, 0.5) is 8.78 Å². The number of rotatable bonds is 6. The van der Waals surface area contributed by atoms with Gasteiger partial charge in [0.05, 0.1) is 16.4 Å². The number of piperidine rings is 3. The maximum Gasteiger partial charge on any atom is 0.243 e. The first-order valence-electron chi connectivity index (χ1n) is 15.0. The molecule has 0 radical (unpaired) electrons. The Morgan fingerprint density at radius 2 is 1.46 bits per heavy atom. The molecule has 1 aliphatic carbocycles. The molecular weight excluding hydrogens is 568 g/mol. The molecule has 0 unspecified atom stereocenters. The molecule has 222 valence electrons. The molecule has 1 amide bonds. The number of carbonyl (C=O) groups is 1. The molecule has 10 heteroatoms. The van der Waals surface area contributed by atoms with Gasteiger partial charge in [-0.2, -0.15) is 4.31 Å². The number of sulfonamides is 1. The number of hydrogen-bond donors (Lipinski definition) is 0. The Morgan fingerprint density at radius 1 is 0.829 bits per heavy atom. The Hall–Kier alpha value is -2.07. The predicted molar refractivity (Wildman–Crippen MR) is 154 cm³/mol. The monoisotopic (exact) mass is 605 g/mol. The molecule has 6 nitrogen and oxygen atoms in total. The van der Waals surface area contributed by atoms with Crippen LogP contribution >= 0.6 is 11.6 Å². The lowest BCUT2D eigenvalue weighted by Crippen LogP contribution is -2.56. The van der Waals surface area contributed by atoms with Crippen molar-refractivity contribution in [3.05, 3.63) is 64.7 Å². The largest absolute Gasteiger partial charge is 0.342 e. The van der Waals surface area contributed by atoms with E-state index < -0.39 is 39.2 Å². The van der Waals surface area contributed by atoms with E-state index in [1.165, 1.54) is 60.0 Å². The van der Waals surface area contributed by atoms with Crippen LogP contribution in [0, 0.1) is 17.0 Å². The molecule has 0 aromatic heterocycles. The summed E-state index contributed by atoms with van der Waals surface area (Å²) >= 11 is 6.06. The van der Waals surface area contributed by atoms with E-state index in [-0.39, 0.29) is 16.4 Å². The molecular formula is C31H38ClF2N3O3S. The third kappa shape index (κ3) is 5.67. The van der Waals surface area contributed by atoms with Crippen LogP contribution in [0.25, 0.3) is 0 Å². The summed E-state index contributed by atoms with van der Waals surface area (Å²) in [5.41, 5.74) is -0.544. The summed E-state index contributed by atoms with van der Waals surface area (Å²) in [6.45, 7) is 3.61. The zero-order valence-electron chi connectivity index (χ0n) is 23.3. The molecule has 1 saturated carbocycles. The summed E-state index contributed by atoms with van der Waals surface area (Å²) in [7, 11) is -4.13. The number of hydrogen-bond acceptors (Lipinski definition) is 4. The average molecular weight is 606 g/mol. The normalized spacial score (nSPS) is 26.2. The van der Waals surface area contributed by atoms with Gasteiger partial charge in [-0.15, -0.1) is 0 Å². The lowest BCUT2D eigenvalue weighted by molar-refractivity contribution is -0.141. The van der Waals surface area contributed by atoms with E-state index in [0.717, 1.165) is 32.0 Å². The maximum absolute atomic E-state index is 14.4. The van der Waals surface area contributed by atoms with Crippen molar-refractivity contribution in [2.24, 2.45) is 5.41 Å². The van der Waals surface area contributed by atoms with Gasteiger partial charge in [0, 0.05) is 36.3 Å². The summed E-state index contributed by atoms with van der Waals surface area (Å²) < 4.78 is 58.8. The highest BCUT2D eigenvalue weighted by atomic mass is 35.5. The highest BCUT2D eigenvalue weighted by molar-refractivity contribution is 7.89. The summed E-state index contributed by atoms with van der Waals surface area (Å²) in [5, 5.41) is 0.407. The second-order valence-electron chi connectivity index (χ2n) is 12.2. The third-order valence-electron chi connectivity index (χ3n) is 9.74. The topological polar surface area (TPSA) is 60.9 Å². The Balaban J connectivity index is 1.31. The minimum Gasteiger partial charge on any atom is -0.342 e. The second kappa shape index (κ2) is 11.5. The van der Waals surface area contributed by atoms with E-state index >= 15 is 0 Å². The summed E-state index contributed by atoms with van der Waals surface area (Å²) in [6, 6.07) is 8.30. The quantitative estimate of drug-likeness (QED) is 0.396. The molecule has 0 spiro atoms. The number of carbonyl (C=O) groups excluding carboxylic acids is 1. The lowest BCUT2D eigenvalue weighted by Gasteiger charge is -2.46. The number of nitrogens with zero attached hydrogens (tertiary/aromatic N) is 3. The van der Waals surface area contributed by atoms with Crippen LogP contribution in [-0.2, 0) is 14.8 Å². The van der Waals surface area contributed by atoms with Gasteiger partial charge in [0.2, 0.25) is 15.9 Å². The first kappa shape index (κ1) is 29.0. The van der Waals surface area contributed by atoms with Crippen molar-refractivity contribution in [3.63, 3.8) is 0 Å². The smallest absolute Gasteiger partial charge is 0.243 e. The minimum absolute atomic E-state index is 0.0296. The van der Waals surface area contributed by atoms with Gasteiger partial charge in [-0.05, 0) is 113 Å². The van der Waals surface area contributed by atoms with Crippen LogP contribution in [0.1, 0.15) is 75.8 Å². The van der Waals surface area contributed by atoms with E-state index in [1.54, 1.807) is 0 Å². The zero-order valence-corrected chi connectivity index (χ0v) is 24.9. The molecule has 3 aliphatic heterocycles. The fourth-order valence-electron chi connectivity index (χ4n) is 7.50. The highest BCUT2D eigenvalue weighted by Gasteiger charge is 2.62. The summed E-state index contributed by atoms with van der Waals surface area (Å²) in [4.78, 5) is 18.8. The van der Waals surface area contributed by atoms with E-state index in [9.17, 15) is 22.0 Å². The van der Waals surface area contributed by atoms with Crippen molar-refractivity contribution in [3.8, 4) is 0 Å². The van der Waals surface area contributed by atoms with Crippen molar-refractivity contribution in [1.29, 1.82) is 0 Å². The second-order valence-corrected chi connectivity index (χ2v) is 14.5. The van der Waals surface area contributed by atoms with E-state index in [2.05, 4.69) is 4.90 Å². The van der Waals surface area contributed by atoms with Crippen molar-refractivity contribution in [2.75, 3.05) is 26.2 Å². The summed E-state index contributed by atoms with van der Waals surface area (Å²) in [5.74, 6) is -1.47. The number of amides is 1. The maximum atomic E-state index is 14.4. The first-order chi connectivity index (χ1) is 19.7. The summed E-state index contributed by atoms with van der Waals surface area (Å²) in [6.07, 6.45) is 8.45. The van der Waals surface area contributed by atoms with Gasteiger partial charge in [-0.1, -0.05) is 18.0 Å². The Bertz CT molecular complexity index is 1350. The fourth-order valence-corrected chi connectivity index (χ4v) is 9.55. The van der Waals surface area contributed by atoms with Crippen LogP contribution in [0.15, 0.2) is 47.4 Å². The molecule has 0 N–H and O–H groups in total. The van der Waals surface area contributed by atoms with E-state index in [0.29, 0.717) is 56.3 Å². The SMILES string of the molecule is O=C(N1CCC(N2CCCCC2)CC1)C1([C@H]2CCC[C@@H](c3cc(F)cc(F)c3)N2S(=O)(=O)c2ccc(Cl)cc2)CC1. The Morgan fingerprint density at radius 3 is 2.07 bits per heavy atom. The number of benzene rings is 2. The van der Waals surface area contributed by atoms with Crippen molar-refractivity contribution < 1.29 is 22.0 Å². The molecule has 2 aromatic rings. The van der Waals surface area contributed by atoms with Crippen LogP contribution in [0.2, 0.25) is 5.02 Å². The van der Waals surface area contributed by atoms with Crippen LogP contribution < -0.4 is 0 Å². The van der Waals surface area contributed by atoms with Crippen molar-refractivity contribution in [1.82, 2.24) is 14.1 Å². The average Bonchev–Trinajstić information content (AvgIpc) is 3.79. The lowest BCUT2D eigenvalue weighted by atomic mass is 9.83. The Labute approximate surface area is 246 Å². The third-order valence-corrected chi connectivity index (χ3v) is 11.9. The van der Waals surface area contributed by atoms with Crippen LogP contribution in [-0.4, -0.2) is 66.7 Å². The molecule has 41 heavy (non-hydrogen) atoms. The molecule has 0 bridgehead atoms. The van der Waals surface area contributed by atoms with E-state index in [1.807, 2.05) is 4.90 Å². The van der Waals surface area contributed by atoms with Gasteiger partial charge in [-0.3, -0.25) is 4.79 Å². The van der Waals surface area contributed by atoms with Crippen LogP contribution in [0.5, 0.6) is 0 Å². The van der Waals surface area contributed by atoms with Gasteiger partial charge in [0.1, 0.15) is 11.6 Å². The molecule has 4 fully saturated rings. The van der Waals surface area contributed by atoms with Crippen LogP contribution in [0.3, 0.4) is 0 Å². The molecule has 2 aromatic carbocycles. The van der Waals surface area contributed by atoms with Gasteiger partial charge in [-0.25, -0.2) is 17.2 Å². The Kier molecular flexibility index (Phi) is 8.17. The first-order valence-corrected chi connectivity index (χ1v) is 16.8. The van der Waals surface area contributed by atoms with Crippen molar-refractivity contribution >= 4 is 27.5 Å².